The van der Waals surface area contributed by atoms with Crippen LogP contribution < -0.4 is 0 Å². The average molecular weight is 883 g/mol. The molecule has 0 rings (SSSR count). The van der Waals surface area contributed by atoms with Crippen molar-refractivity contribution in [1.29, 1.82) is 0 Å². The highest BCUT2D eigenvalue weighted by atomic mass is 16.6. The van der Waals surface area contributed by atoms with Gasteiger partial charge in [0.05, 0.1) is 0 Å². The van der Waals surface area contributed by atoms with Gasteiger partial charge in [-0.15, -0.1) is 0 Å². The fraction of sp³-hybridized carbons (Fsp3) is 0.569. The molecule has 0 aromatic carbocycles. The van der Waals surface area contributed by atoms with Gasteiger partial charge in [0.1, 0.15) is 13.2 Å². The number of esters is 3. The molecule has 0 amide bonds. The Balaban J connectivity index is 4.53. The fourth-order valence-corrected chi connectivity index (χ4v) is 6.34. The predicted molar refractivity (Wildman–Crippen MR) is 274 cm³/mol. The van der Waals surface area contributed by atoms with Crippen LogP contribution in [-0.4, -0.2) is 37.2 Å². The van der Waals surface area contributed by atoms with Crippen molar-refractivity contribution in [2.75, 3.05) is 13.2 Å². The van der Waals surface area contributed by atoms with Gasteiger partial charge in [-0.25, -0.2) is 0 Å². The van der Waals surface area contributed by atoms with Crippen molar-refractivity contribution in [3.8, 4) is 0 Å². The van der Waals surface area contributed by atoms with E-state index >= 15 is 0 Å². The van der Waals surface area contributed by atoms with Gasteiger partial charge in [-0.3, -0.25) is 14.4 Å². The summed E-state index contributed by atoms with van der Waals surface area (Å²) in [6.45, 7) is 6.24. The minimum absolute atomic E-state index is 0.112. The Morgan fingerprint density at radius 1 is 0.328 bits per heavy atom. The van der Waals surface area contributed by atoms with E-state index in [1.807, 2.05) is 30.4 Å². The highest BCUT2D eigenvalue weighted by Crippen LogP contribution is 2.13. The summed E-state index contributed by atoms with van der Waals surface area (Å²) in [6.07, 6.45) is 71.4. The van der Waals surface area contributed by atoms with Crippen molar-refractivity contribution in [3.63, 3.8) is 0 Å². The molecule has 0 radical (unpaired) electrons. The number of allylic oxidation sites excluding steroid dienone is 22. The highest BCUT2D eigenvalue weighted by Gasteiger charge is 2.19. The summed E-state index contributed by atoms with van der Waals surface area (Å²) in [7, 11) is 0. The maximum atomic E-state index is 12.8. The van der Waals surface area contributed by atoms with Crippen LogP contribution in [0.2, 0.25) is 0 Å². The largest absolute Gasteiger partial charge is 0.462 e. The molecule has 0 saturated carbocycles. The van der Waals surface area contributed by atoms with Crippen LogP contribution in [0.5, 0.6) is 0 Å². The molecule has 1 unspecified atom stereocenters. The first-order valence-electron chi connectivity index (χ1n) is 25.3. The SMILES string of the molecule is CC\C=C/C=C\C=C/C=C\CCCCCCCC(=O)OC(COC(=O)CCCCCCC\C=C/C=C\C=C/C=C\CCCCC)COC(=O)CCCCCCC\C=C/C=C\C=C/CC. The first-order valence-corrected chi connectivity index (χ1v) is 25.3. The van der Waals surface area contributed by atoms with Gasteiger partial charge in [0.15, 0.2) is 6.10 Å². The minimum Gasteiger partial charge on any atom is -0.462 e. The number of hydrogen-bond acceptors (Lipinski definition) is 6. The summed E-state index contributed by atoms with van der Waals surface area (Å²) in [5.74, 6) is -0.988. The Morgan fingerprint density at radius 2 is 0.609 bits per heavy atom. The maximum Gasteiger partial charge on any atom is 0.306 e. The van der Waals surface area contributed by atoms with Gasteiger partial charge in [-0.2, -0.15) is 0 Å². The molecular weight excluding hydrogens is 793 g/mol. The molecule has 0 aromatic rings. The molecule has 6 nitrogen and oxygen atoms in total. The molecule has 358 valence electrons. The lowest BCUT2D eigenvalue weighted by atomic mass is 10.1. The van der Waals surface area contributed by atoms with E-state index in [-0.39, 0.29) is 37.5 Å². The summed E-state index contributed by atoms with van der Waals surface area (Å²) in [6, 6.07) is 0. The highest BCUT2D eigenvalue weighted by molar-refractivity contribution is 5.71. The lowest BCUT2D eigenvalue weighted by Crippen LogP contribution is -2.30. The summed E-state index contributed by atoms with van der Waals surface area (Å²) < 4.78 is 16.7. The minimum atomic E-state index is -0.814. The second-order valence-corrected chi connectivity index (χ2v) is 16.2. The summed E-state index contributed by atoms with van der Waals surface area (Å²) in [5, 5.41) is 0. The molecular formula is C58H90O6. The molecule has 0 aromatic heterocycles. The quantitative estimate of drug-likeness (QED) is 0.0263. The molecule has 0 saturated heterocycles. The third-order valence-electron chi connectivity index (χ3n) is 10.1. The molecule has 1 atom stereocenters. The van der Waals surface area contributed by atoms with Crippen molar-refractivity contribution in [2.45, 2.75) is 200 Å². The van der Waals surface area contributed by atoms with Gasteiger partial charge >= 0.3 is 17.9 Å². The van der Waals surface area contributed by atoms with E-state index in [0.717, 1.165) is 135 Å². The zero-order chi connectivity index (χ0) is 46.5. The normalized spacial score (nSPS) is 13.2. The molecule has 0 spiro atoms. The van der Waals surface area contributed by atoms with E-state index in [9.17, 15) is 14.4 Å². The van der Waals surface area contributed by atoms with E-state index < -0.39 is 6.10 Å². The smallest absolute Gasteiger partial charge is 0.306 e. The lowest BCUT2D eigenvalue weighted by Gasteiger charge is -2.18. The molecule has 0 fully saturated rings. The van der Waals surface area contributed by atoms with Crippen LogP contribution in [-0.2, 0) is 28.6 Å². The van der Waals surface area contributed by atoms with E-state index in [0.29, 0.717) is 12.8 Å². The van der Waals surface area contributed by atoms with E-state index in [1.54, 1.807) is 0 Å². The van der Waals surface area contributed by atoms with Crippen molar-refractivity contribution < 1.29 is 28.6 Å². The van der Waals surface area contributed by atoms with Crippen molar-refractivity contribution in [2.24, 2.45) is 0 Å². The Bertz CT molecular complexity index is 1430. The summed E-state index contributed by atoms with van der Waals surface area (Å²) in [4.78, 5) is 38.0. The third kappa shape index (κ3) is 48.6. The van der Waals surface area contributed by atoms with Crippen LogP contribution in [0.1, 0.15) is 194 Å². The van der Waals surface area contributed by atoms with E-state index in [4.69, 9.17) is 14.2 Å². The lowest BCUT2D eigenvalue weighted by molar-refractivity contribution is -0.167. The Labute approximate surface area is 392 Å². The number of unbranched alkanes of at least 4 members (excludes halogenated alkanes) is 18. The van der Waals surface area contributed by atoms with Gasteiger partial charge < -0.3 is 14.2 Å². The van der Waals surface area contributed by atoms with Crippen LogP contribution in [0.15, 0.2) is 134 Å². The monoisotopic (exact) mass is 883 g/mol. The molecule has 0 bridgehead atoms. The van der Waals surface area contributed by atoms with Crippen molar-refractivity contribution in [1.82, 2.24) is 0 Å². The average Bonchev–Trinajstić information content (AvgIpc) is 3.29. The molecule has 0 N–H and O–H groups in total. The topological polar surface area (TPSA) is 78.9 Å². The molecule has 0 aliphatic rings. The molecule has 64 heavy (non-hydrogen) atoms. The zero-order valence-corrected chi connectivity index (χ0v) is 40.7. The molecule has 0 aliphatic carbocycles. The molecule has 0 heterocycles. The summed E-state index contributed by atoms with van der Waals surface area (Å²) >= 11 is 0. The summed E-state index contributed by atoms with van der Waals surface area (Å²) in [5.41, 5.74) is 0. The van der Waals surface area contributed by atoms with Gasteiger partial charge in [0.25, 0.3) is 0 Å². The Hall–Kier alpha value is -4.45. The van der Waals surface area contributed by atoms with Gasteiger partial charge in [-0.05, 0) is 83.5 Å². The van der Waals surface area contributed by atoms with Crippen LogP contribution in [0.4, 0.5) is 0 Å². The number of hydrogen-bond donors (Lipinski definition) is 0. The zero-order valence-electron chi connectivity index (χ0n) is 40.7. The molecule has 6 heteroatoms. The predicted octanol–water partition coefficient (Wildman–Crippen LogP) is 16.7. The van der Waals surface area contributed by atoms with Crippen LogP contribution in [0.3, 0.4) is 0 Å². The standard InChI is InChI=1S/C58H90O6/c1-4-7-10-13-16-19-22-25-27-28-29-31-33-36-39-42-45-48-51-57(60)63-54-55(53-62-56(59)50-47-44-41-38-35-32-24-21-18-15-12-9-6-3)64-58(61)52-49-46-43-40-37-34-30-26-23-20-17-14-11-8-5-2/h8-9,11-12,14-31,55H,4-7,10,13,32-54H2,1-3H3/b11-8-,12-9-,17-14-,18-15-,19-16-,23-20-,24-21-,25-22-,28-27-,30-26-,31-29-. The third-order valence-corrected chi connectivity index (χ3v) is 10.1. The van der Waals surface area contributed by atoms with Gasteiger partial charge in [0.2, 0.25) is 0 Å². The van der Waals surface area contributed by atoms with Crippen molar-refractivity contribution in [3.05, 3.63) is 134 Å². The second-order valence-electron chi connectivity index (χ2n) is 16.2. The number of carbonyl (C=O) groups is 3. The molecule has 0 aliphatic heterocycles. The van der Waals surface area contributed by atoms with E-state index in [2.05, 4.69) is 124 Å². The number of rotatable bonds is 43. The fourth-order valence-electron chi connectivity index (χ4n) is 6.34. The van der Waals surface area contributed by atoms with E-state index in [1.165, 1.54) is 19.3 Å². The second kappa shape index (κ2) is 51.2. The van der Waals surface area contributed by atoms with Crippen LogP contribution >= 0.6 is 0 Å². The van der Waals surface area contributed by atoms with Gasteiger partial charge in [-0.1, -0.05) is 225 Å². The van der Waals surface area contributed by atoms with Crippen LogP contribution in [0.25, 0.3) is 0 Å². The van der Waals surface area contributed by atoms with Crippen molar-refractivity contribution >= 4 is 17.9 Å². The Morgan fingerprint density at radius 3 is 0.953 bits per heavy atom. The first kappa shape index (κ1) is 59.5. The van der Waals surface area contributed by atoms with Crippen LogP contribution in [0, 0.1) is 0 Å². The first-order chi connectivity index (χ1) is 31.5. The van der Waals surface area contributed by atoms with Gasteiger partial charge in [0, 0.05) is 19.3 Å². The Kier molecular flexibility index (Phi) is 47.6. The maximum absolute atomic E-state index is 12.8. The number of ether oxygens (including phenoxy) is 3. The number of carbonyl (C=O) groups excluding carboxylic acids is 3.